The number of benzene rings is 2. The number of carboxylic acids is 1. The van der Waals surface area contributed by atoms with Crippen LogP contribution in [-0.2, 0) is 4.74 Å². The molecule has 0 spiro atoms. The molecule has 11 heteroatoms. The molecule has 1 aromatic heterocycles. The van der Waals surface area contributed by atoms with Crippen molar-refractivity contribution in [2.45, 2.75) is 6.36 Å². The molecule has 162 valence electrons. The third kappa shape index (κ3) is 4.17. The van der Waals surface area contributed by atoms with Gasteiger partial charge in [0.15, 0.2) is 0 Å². The van der Waals surface area contributed by atoms with Crippen molar-refractivity contribution in [3.05, 3.63) is 58.4 Å². The molecule has 3 aromatic rings. The molecular weight excluding hydrogens is 419 g/mol. The third-order valence-electron chi connectivity index (χ3n) is 4.76. The number of rotatable bonds is 4. The van der Waals surface area contributed by atoms with Gasteiger partial charge in [-0.05, 0) is 36.4 Å². The van der Waals surface area contributed by atoms with Gasteiger partial charge >= 0.3 is 12.3 Å². The topological polar surface area (TPSA) is 93.9 Å². The van der Waals surface area contributed by atoms with Gasteiger partial charge in [0.1, 0.15) is 5.75 Å². The van der Waals surface area contributed by atoms with Crippen LogP contribution in [-0.4, -0.2) is 53.5 Å². The van der Waals surface area contributed by atoms with E-state index >= 15 is 0 Å². The Morgan fingerprint density at radius 1 is 1.10 bits per heavy atom. The number of alkyl halides is 3. The van der Waals surface area contributed by atoms with Crippen molar-refractivity contribution in [1.82, 2.24) is 9.78 Å². The van der Waals surface area contributed by atoms with Crippen molar-refractivity contribution >= 4 is 22.6 Å². The first-order chi connectivity index (χ1) is 14.7. The number of ether oxygens (including phenoxy) is 2. The molecule has 2 heterocycles. The van der Waals surface area contributed by atoms with E-state index in [1.54, 1.807) is 18.2 Å². The zero-order valence-electron chi connectivity index (χ0n) is 15.9. The van der Waals surface area contributed by atoms with Gasteiger partial charge in [-0.3, -0.25) is 4.79 Å². The van der Waals surface area contributed by atoms with Gasteiger partial charge in [0.2, 0.25) is 11.1 Å². The first-order valence-electron chi connectivity index (χ1n) is 9.23. The van der Waals surface area contributed by atoms with Gasteiger partial charge in [0, 0.05) is 13.1 Å². The number of nitrogens with zero attached hydrogens (tertiary/aromatic N) is 3. The molecule has 0 unspecified atom stereocenters. The molecule has 1 aliphatic rings. The lowest BCUT2D eigenvalue weighted by Crippen LogP contribution is -2.37. The Labute approximate surface area is 173 Å². The lowest BCUT2D eigenvalue weighted by Gasteiger charge is -2.30. The van der Waals surface area contributed by atoms with Crippen molar-refractivity contribution < 1.29 is 32.5 Å². The molecule has 0 amide bonds. The van der Waals surface area contributed by atoms with Gasteiger partial charge in [0.05, 0.1) is 35.5 Å². The molecule has 1 aliphatic heterocycles. The van der Waals surface area contributed by atoms with E-state index in [0.29, 0.717) is 37.5 Å². The summed E-state index contributed by atoms with van der Waals surface area (Å²) < 4.78 is 47.7. The van der Waals surface area contributed by atoms with Crippen molar-refractivity contribution in [3.8, 4) is 11.4 Å². The van der Waals surface area contributed by atoms with Crippen LogP contribution < -0.4 is 15.1 Å². The zero-order valence-corrected chi connectivity index (χ0v) is 15.9. The van der Waals surface area contributed by atoms with Crippen molar-refractivity contribution in [1.29, 1.82) is 0 Å². The fraction of sp³-hybridized carbons (Fsp3) is 0.250. The van der Waals surface area contributed by atoms with Gasteiger partial charge < -0.3 is 19.5 Å². The van der Waals surface area contributed by atoms with Crippen LogP contribution in [0.3, 0.4) is 0 Å². The van der Waals surface area contributed by atoms with Crippen LogP contribution >= 0.6 is 0 Å². The molecule has 0 radical (unpaired) electrons. The van der Waals surface area contributed by atoms with Crippen molar-refractivity contribution in [2.75, 3.05) is 31.2 Å². The summed E-state index contributed by atoms with van der Waals surface area (Å²) in [4.78, 5) is 26.6. The van der Waals surface area contributed by atoms with Crippen LogP contribution in [0.4, 0.5) is 18.9 Å². The Hall–Kier alpha value is -3.60. The summed E-state index contributed by atoms with van der Waals surface area (Å²) in [5.74, 6) is -1.94. The second-order valence-electron chi connectivity index (χ2n) is 6.71. The van der Waals surface area contributed by atoms with E-state index in [-0.39, 0.29) is 11.1 Å². The second-order valence-corrected chi connectivity index (χ2v) is 6.71. The SMILES string of the molecule is O=C(O)c1nn(-c2ccc(OC(F)(F)F)cc2)c2cccc(N3CCOCC3)c2c1=O. The number of aromatic nitrogens is 2. The summed E-state index contributed by atoms with van der Waals surface area (Å²) in [6.07, 6.45) is -4.84. The van der Waals surface area contributed by atoms with E-state index in [4.69, 9.17) is 4.74 Å². The van der Waals surface area contributed by atoms with E-state index in [9.17, 15) is 27.9 Å². The second kappa shape index (κ2) is 7.91. The minimum absolute atomic E-state index is 0.160. The largest absolute Gasteiger partial charge is 0.573 e. The number of halogens is 3. The highest BCUT2D eigenvalue weighted by molar-refractivity contribution is 5.97. The molecule has 1 saturated heterocycles. The predicted octanol–water partition coefficient (Wildman–Crippen LogP) is 2.82. The first kappa shape index (κ1) is 20.7. The molecule has 2 aromatic carbocycles. The molecule has 4 rings (SSSR count). The predicted molar refractivity (Wildman–Crippen MR) is 104 cm³/mol. The van der Waals surface area contributed by atoms with Gasteiger partial charge in [-0.1, -0.05) is 6.07 Å². The monoisotopic (exact) mass is 435 g/mol. The molecule has 0 aliphatic carbocycles. The maximum Gasteiger partial charge on any atom is 0.573 e. The molecule has 0 saturated carbocycles. The molecule has 0 atom stereocenters. The maximum atomic E-state index is 13.0. The van der Waals surface area contributed by atoms with Crippen LogP contribution in [0.2, 0.25) is 0 Å². The maximum absolute atomic E-state index is 13.0. The minimum Gasteiger partial charge on any atom is -0.476 e. The Kier molecular flexibility index (Phi) is 5.27. The third-order valence-corrected chi connectivity index (χ3v) is 4.76. The highest BCUT2D eigenvalue weighted by Gasteiger charge is 2.31. The molecule has 31 heavy (non-hydrogen) atoms. The highest BCUT2D eigenvalue weighted by atomic mass is 19.4. The Bertz CT molecular complexity index is 1190. The van der Waals surface area contributed by atoms with Gasteiger partial charge in [-0.2, -0.15) is 5.10 Å². The standard InChI is InChI=1S/C20H16F3N3O5/c21-20(22,23)31-13-6-4-12(5-7-13)26-15-3-1-2-14(25-8-10-30-11-9-25)16(15)18(27)17(24-26)19(28)29/h1-7H,8-11H2,(H,28,29). The number of hydrogen-bond donors (Lipinski definition) is 1. The summed E-state index contributed by atoms with van der Waals surface area (Å²) in [6.45, 7) is 1.96. The summed E-state index contributed by atoms with van der Waals surface area (Å²) in [6, 6.07) is 9.77. The summed E-state index contributed by atoms with van der Waals surface area (Å²) in [5, 5.41) is 13.6. The van der Waals surface area contributed by atoms with Crippen LogP contribution in [0.15, 0.2) is 47.3 Å². The summed E-state index contributed by atoms with van der Waals surface area (Å²) in [5.41, 5.74) is -0.298. The van der Waals surface area contributed by atoms with Crippen LogP contribution in [0.1, 0.15) is 10.5 Å². The van der Waals surface area contributed by atoms with E-state index in [1.807, 2.05) is 4.90 Å². The normalized spacial score (nSPS) is 14.6. The highest BCUT2D eigenvalue weighted by Crippen LogP contribution is 2.28. The Morgan fingerprint density at radius 3 is 2.39 bits per heavy atom. The zero-order chi connectivity index (χ0) is 22.2. The molecule has 1 fully saturated rings. The smallest absolute Gasteiger partial charge is 0.476 e. The van der Waals surface area contributed by atoms with Crippen molar-refractivity contribution in [2.24, 2.45) is 0 Å². The van der Waals surface area contributed by atoms with Crippen LogP contribution in [0, 0.1) is 0 Å². The number of hydrogen-bond acceptors (Lipinski definition) is 6. The number of carbonyl (C=O) groups is 1. The van der Waals surface area contributed by atoms with Gasteiger partial charge in [0.25, 0.3) is 0 Å². The number of anilines is 1. The Morgan fingerprint density at radius 2 is 1.77 bits per heavy atom. The average Bonchev–Trinajstić information content (AvgIpc) is 2.74. The molecular formula is C20H16F3N3O5. The fourth-order valence-corrected chi connectivity index (χ4v) is 3.45. The van der Waals surface area contributed by atoms with E-state index in [2.05, 4.69) is 9.84 Å². The molecule has 1 N–H and O–H groups in total. The van der Waals surface area contributed by atoms with E-state index in [0.717, 1.165) is 12.1 Å². The quantitative estimate of drug-likeness (QED) is 0.674. The average molecular weight is 435 g/mol. The van der Waals surface area contributed by atoms with Crippen LogP contribution in [0.5, 0.6) is 5.75 Å². The molecule has 8 nitrogen and oxygen atoms in total. The number of aromatic carboxylic acids is 1. The van der Waals surface area contributed by atoms with Crippen molar-refractivity contribution in [3.63, 3.8) is 0 Å². The van der Waals surface area contributed by atoms with Gasteiger partial charge in [-0.15, -0.1) is 13.2 Å². The lowest BCUT2D eigenvalue weighted by molar-refractivity contribution is -0.274. The summed E-state index contributed by atoms with van der Waals surface area (Å²) in [7, 11) is 0. The van der Waals surface area contributed by atoms with Gasteiger partial charge in [-0.25, -0.2) is 9.48 Å². The first-order valence-corrected chi connectivity index (χ1v) is 9.23. The molecule has 0 bridgehead atoms. The van der Waals surface area contributed by atoms with Crippen LogP contribution in [0.25, 0.3) is 16.6 Å². The van der Waals surface area contributed by atoms with E-state index < -0.39 is 29.2 Å². The number of fused-ring (bicyclic) bond motifs is 1. The lowest BCUT2D eigenvalue weighted by atomic mass is 10.1. The number of carboxylic acid groups (broad SMARTS) is 1. The minimum atomic E-state index is -4.84. The Balaban J connectivity index is 1.90. The fourth-order valence-electron chi connectivity index (χ4n) is 3.45. The van der Waals surface area contributed by atoms with E-state index in [1.165, 1.54) is 16.8 Å². The number of morpholine rings is 1. The summed E-state index contributed by atoms with van der Waals surface area (Å²) >= 11 is 0.